The number of hydrogen-bond acceptors (Lipinski definition) is 7. The Bertz CT molecular complexity index is 1290. The highest BCUT2D eigenvalue weighted by molar-refractivity contribution is 5.99. The van der Waals surface area contributed by atoms with Gasteiger partial charge in [-0.2, -0.15) is 9.78 Å². The van der Waals surface area contributed by atoms with Crippen LogP contribution < -0.4 is 9.47 Å². The summed E-state index contributed by atoms with van der Waals surface area (Å²) in [6.45, 7) is 1.71. The molecule has 0 unspecified atom stereocenters. The van der Waals surface area contributed by atoms with Crippen LogP contribution in [0.25, 0.3) is 28.7 Å². The second-order valence-corrected chi connectivity index (χ2v) is 7.61. The molecule has 1 aromatic carbocycles. The maximum Gasteiger partial charge on any atom is 0.257 e. The highest BCUT2D eigenvalue weighted by atomic mass is 16.7. The number of hydrogen-bond donors (Lipinski definition) is 0. The van der Waals surface area contributed by atoms with Crippen molar-refractivity contribution in [1.82, 2.24) is 24.6 Å². The summed E-state index contributed by atoms with van der Waals surface area (Å²) >= 11 is 0. The normalized spacial score (nSPS) is 14.8. The minimum Gasteiger partial charge on any atom is -0.463 e. The SMILES string of the molecule is O=C(c1cnn(-c2nccc(-c3ccc4c(c3)OCO4)n2)c1-c1ccco1)N1CCCC1. The van der Waals surface area contributed by atoms with E-state index in [-0.39, 0.29) is 12.7 Å². The van der Waals surface area contributed by atoms with Crippen LogP contribution in [-0.4, -0.2) is 50.4 Å². The third kappa shape index (κ3) is 3.09. The molecule has 9 heteroatoms. The number of furan rings is 1. The fraction of sp³-hybridized carbons (Fsp3) is 0.217. The van der Waals surface area contributed by atoms with Crippen molar-refractivity contribution >= 4 is 5.91 Å². The van der Waals surface area contributed by atoms with Crippen LogP contribution in [0.3, 0.4) is 0 Å². The van der Waals surface area contributed by atoms with Crippen molar-refractivity contribution < 1.29 is 18.7 Å². The number of amides is 1. The molecule has 1 amide bonds. The minimum atomic E-state index is -0.0629. The van der Waals surface area contributed by atoms with E-state index in [1.165, 1.54) is 0 Å². The molecule has 160 valence electrons. The lowest BCUT2D eigenvalue weighted by Gasteiger charge is -2.15. The van der Waals surface area contributed by atoms with Gasteiger partial charge in [0.15, 0.2) is 17.3 Å². The number of likely N-dealkylation sites (tertiary alicyclic amines) is 1. The number of ether oxygens (including phenoxy) is 2. The second kappa shape index (κ2) is 7.52. The molecule has 0 spiro atoms. The Morgan fingerprint density at radius 2 is 1.91 bits per heavy atom. The van der Waals surface area contributed by atoms with Gasteiger partial charge in [0.2, 0.25) is 6.79 Å². The van der Waals surface area contributed by atoms with E-state index < -0.39 is 0 Å². The summed E-state index contributed by atoms with van der Waals surface area (Å²) in [4.78, 5) is 24.1. The van der Waals surface area contributed by atoms with Crippen molar-refractivity contribution in [3.8, 4) is 40.2 Å². The first-order chi connectivity index (χ1) is 15.8. The maximum absolute atomic E-state index is 13.2. The monoisotopic (exact) mass is 429 g/mol. The number of carbonyl (C=O) groups excluding carboxylic acids is 1. The first kappa shape index (κ1) is 18.6. The lowest BCUT2D eigenvalue weighted by Crippen LogP contribution is -2.27. The summed E-state index contributed by atoms with van der Waals surface area (Å²) in [7, 11) is 0. The smallest absolute Gasteiger partial charge is 0.257 e. The lowest BCUT2D eigenvalue weighted by molar-refractivity contribution is 0.0793. The van der Waals surface area contributed by atoms with Crippen LogP contribution in [0.4, 0.5) is 0 Å². The van der Waals surface area contributed by atoms with Crippen molar-refractivity contribution in [3.05, 3.63) is 60.6 Å². The van der Waals surface area contributed by atoms with Crippen molar-refractivity contribution in [3.63, 3.8) is 0 Å². The lowest BCUT2D eigenvalue weighted by atomic mass is 10.1. The van der Waals surface area contributed by atoms with Crippen molar-refractivity contribution in [1.29, 1.82) is 0 Å². The van der Waals surface area contributed by atoms with Crippen LogP contribution in [0.15, 0.2) is 59.5 Å². The van der Waals surface area contributed by atoms with Crippen LogP contribution in [0.5, 0.6) is 11.5 Å². The zero-order valence-corrected chi connectivity index (χ0v) is 17.1. The summed E-state index contributed by atoms with van der Waals surface area (Å²) in [6, 6.07) is 11.0. The number of fused-ring (bicyclic) bond motifs is 1. The molecule has 2 aliphatic heterocycles. The molecule has 2 aliphatic rings. The van der Waals surface area contributed by atoms with Gasteiger partial charge in [-0.1, -0.05) is 0 Å². The van der Waals surface area contributed by atoms with E-state index in [0.717, 1.165) is 31.5 Å². The largest absolute Gasteiger partial charge is 0.463 e. The molecule has 0 bridgehead atoms. The van der Waals surface area contributed by atoms with Crippen LogP contribution in [-0.2, 0) is 0 Å². The quantitative estimate of drug-likeness (QED) is 0.489. The van der Waals surface area contributed by atoms with Gasteiger partial charge in [0, 0.05) is 24.8 Å². The van der Waals surface area contributed by atoms with Gasteiger partial charge in [0.25, 0.3) is 11.9 Å². The fourth-order valence-electron chi connectivity index (χ4n) is 4.06. The number of aromatic nitrogens is 4. The Kier molecular flexibility index (Phi) is 4.38. The van der Waals surface area contributed by atoms with E-state index in [9.17, 15) is 4.79 Å². The Labute approximate surface area is 183 Å². The first-order valence-corrected chi connectivity index (χ1v) is 10.4. The van der Waals surface area contributed by atoms with Gasteiger partial charge >= 0.3 is 0 Å². The molecule has 0 saturated carbocycles. The third-order valence-electron chi connectivity index (χ3n) is 5.65. The molecule has 9 nitrogen and oxygen atoms in total. The summed E-state index contributed by atoms with van der Waals surface area (Å²) in [5, 5.41) is 4.47. The molecule has 1 saturated heterocycles. The van der Waals surface area contributed by atoms with E-state index in [1.807, 2.05) is 29.2 Å². The first-order valence-electron chi connectivity index (χ1n) is 10.4. The van der Waals surface area contributed by atoms with Gasteiger partial charge < -0.3 is 18.8 Å². The molecule has 0 aliphatic carbocycles. The van der Waals surface area contributed by atoms with Crippen molar-refractivity contribution in [2.45, 2.75) is 12.8 Å². The van der Waals surface area contributed by atoms with Crippen LogP contribution in [0.1, 0.15) is 23.2 Å². The summed E-state index contributed by atoms with van der Waals surface area (Å²) in [6.07, 6.45) is 6.82. The summed E-state index contributed by atoms with van der Waals surface area (Å²) in [5.74, 6) is 2.19. The number of carbonyl (C=O) groups is 1. The molecule has 0 atom stereocenters. The van der Waals surface area contributed by atoms with E-state index in [0.29, 0.717) is 40.2 Å². The van der Waals surface area contributed by atoms with Gasteiger partial charge in [0.1, 0.15) is 5.69 Å². The predicted molar refractivity (Wildman–Crippen MR) is 114 cm³/mol. The molecular weight excluding hydrogens is 410 g/mol. The van der Waals surface area contributed by atoms with E-state index in [1.54, 1.807) is 35.5 Å². The van der Waals surface area contributed by atoms with E-state index in [2.05, 4.69) is 10.1 Å². The van der Waals surface area contributed by atoms with Crippen molar-refractivity contribution in [2.75, 3.05) is 19.9 Å². The Hall–Kier alpha value is -4.14. The molecule has 3 aromatic heterocycles. The molecule has 32 heavy (non-hydrogen) atoms. The highest BCUT2D eigenvalue weighted by Gasteiger charge is 2.28. The Balaban J connectivity index is 1.43. The van der Waals surface area contributed by atoms with Gasteiger partial charge in [-0.05, 0) is 49.2 Å². The molecule has 0 N–H and O–H groups in total. The molecule has 5 heterocycles. The standard InChI is InChI=1S/C23H19N5O4/c29-22(27-9-1-2-10-27)16-13-25-28(21(16)19-4-3-11-30-19)23-24-8-7-17(26-23)15-5-6-18-20(12-15)32-14-31-18/h3-8,11-13H,1-2,9-10,14H2. The van der Waals surface area contributed by atoms with E-state index in [4.69, 9.17) is 18.9 Å². The highest BCUT2D eigenvalue weighted by Crippen LogP contribution is 2.35. The van der Waals surface area contributed by atoms with Gasteiger partial charge in [-0.3, -0.25) is 4.79 Å². The number of rotatable bonds is 4. The molecule has 4 aromatic rings. The van der Waals surface area contributed by atoms with Gasteiger partial charge in [0.05, 0.1) is 23.7 Å². The maximum atomic E-state index is 13.2. The van der Waals surface area contributed by atoms with Crippen LogP contribution >= 0.6 is 0 Å². The number of benzene rings is 1. The minimum absolute atomic E-state index is 0.0629. The average Bonchev–Trinajstić information content (AvgIpc) is 3.64. The summed E-state index contributed by atoms with van der Waals surface area (Å²) in [5.41, 5.74) is 2.56. The Morgan fingerprint density at radius 3 is 2.75 bits per heavy atom. The molecular formula is C23H19N5O4. The third-order valence-corrected chi connectivity index (χ3v) is 5.65. The zero-order chi connectivity index (χ0) is 21.5. The summed E-state index contributed by atoms with van der Waals surface area (Å²) < 4.78 is 18.1. The van der Waals surface area contributed by atoms with Crippen LogP contribution in [0, 0.1) is 0 Å². The zero-order valence-electron chi connectivity index (χ0n) is 17.1. The fourth-order valence-corrected chi connectivity index (χ4v) is 4.06. The van der Waals surface area contributed by atoms with Crippen molar-refractivity contribution in [2.24, 2.45) is 0 Å². The molecule has 1 fully saturated rings. The van der Waals surface area contributed by atoms with Gasteiger partial charge in [-0.25, -0.2) is 9.97 Å². The number of nitrogens with zero attached hydrogens (tertiary/aromatic N) is 5. The second-order valence-electron chi connectivity index (χ2n) is 7.61. The molecule has 0 radical (unpaired) electrons. The Morgan fingerprint density at radius 1 is 1.03 bits per heavy atom. The van der Waals surface area contributed by atoms with Gasteiger partial charge in [-0.15, -0.1) is 0 Å². The van der Waals surface area contributed by atoms with Crippen LogP contribution in [0.2, 0.25) is 0 Å². The topological polar surface area (TPSA) is 95.5 Å². The average molecular weight is 429 g/mol. The van der Waals surface area contributed by atoms with E-state index >= 15 is 0 Å². The molecule has 6 rings (SSSR count). The predicted octanol–water partition coefficient (Wildman–Crippen LogP) is 3.55.